The summed E-state index contributed by atoms with van der Waals surface area (Å²) >= 11 is 0. The number of rotatable bonds is 4. The largest absolute Gasteiger partial charge is 0.467 e. The van der Waals surface area contributed by atoms with Crippen LogP contribution in [-0.2, 0) is 36.8 Å². The van der Waals surface area contributed by atoms with Crippen LogP contribution in [0.3, 0.4) is 0 Å². The minimum absolute atomic E-state index is 0.0113. The van der Waals surface area contributed by atoms with Gasteiger partial charge in [0.1, 0.15) is 23.8 Å². The highest BCUT2D eigenvalue weighted by atomic mass is 16.6. The number of nitrogens with zero attached hydrogens (tertiary/aromatic N) is 2. The molecule has 2 aliphatic rings. The van der Waals surface area contributed by atoms with Crippen LogP contribution in [0.2, 0.25) is 0 Å². The highest BCUT2D eigenvalue weighted by molar-refractivity contribution is 5.91. The molecule has 0 bridgehead atoms. The van der Waals surface area contributed by atoms with Gasteiger partial charge in [-0.05, 0) is 43.7 Å². The Morgan fingerprint density at radius 2 is 1.68 bits per heavy atom. The summed E-state index contributed by atoms with van der Waals surface area (Å²) in [5.41, 5.74) is 0.847. The lowest BCUT2D eigenvalue weighted by Crippen LogP contribution is -2.57. The number of hydrogen-bond acceptors (Lipinski definition) is 7. The number of benzene rings is 1. The normalized spacial score (nSPS) is 20.5. The second kappa shape index (κ2) is 11.0. The van der Waals surface area contributed by atoms with Crippen LogP contribution in [0.4, 0.5) is 9.59 Å². The van der Waals surface area contributed by atoms with Crippen LogP contribution in [0.15, 0.2) is 24.3 Å². The van der Waals surface area contributed by atoms with Gasteiger partial charge in [-0.15, -0.1) is 0 Å². The smallest absolute Gasteiger partial charge is 0.410 e. The monoisotopic (exact) mass is 517 g/mol. The number of likely N-dealkylation sites (tertiary alicyclic amines) is 1. The predicted molar refractivity (Wildman–Crippen MR) is 136 cm³/mol. The van der Waals surface area contributed by atoms with Gasteiger partial charge in [0.25, 0.3) is 0 Å². The molecule has 1 saturated heterocycles. The second-order valence-corrected chi connectivity index (χ2v) is 11.7. The molecule has 3 amide bonds. The molecule has 0 aliphatic carbocycles. The van der Waals surface area contributed by atoms with Crippen molar-refractivity contribution in [1.82, 2.24) is 15.1 Å². The Morgan fingerprint density at radius 1 is 1.03 bits per heavy atom. The molecule has 37 heavy (non-hydrogen) atoms. The Morgan fingerprint density at radius 3 is 2.27 bits per heavy atom. The number of methoxy groups -OCH3 is 1. The third kappa shape index (κ3) is 7.14. The third-order valence-electron chi connectivity index (χ3n) is 6.45. The molecule has 2 aliphatic heterocycles. The topological polar surface area (TPSA) is 114 Å². The highest BCUT2D eigenvalue weighted by Crippen LogP contribution is 2.29. The Labute approximate surface area is 218 Å². The van der Waals surface area contributed by atoms with Gasteiger partial charge in [-0.1, -0.05) is 45.0 Å². The zero-order chi connectivity index (χ0) is 27.5. The maximum absolute atomic E-state index is 13.7. The summed E-state index contributed by atoms with van der Waals surface area (Å²) in [6.45, 7) is 11.6. The first kappa shape index (κ1) is 28.3. The van der Waals surface area contributed by atoms with Gasteiger partial charge >= 0.3 is 18.2 Å². The molecular weight excluding hydrogens is 478 g/mol. The Balaban J connectivity index is 1.73. The Kier molecular flexibility index (Phi) is 8.39. The summed E-state index contributed by atoms with van der Waals surface area (Å²) in [7, 11) is 1.25. The average Bonchev–Trinajstić information content (AvgIpc) is 3.23. The van der Waals surface area contributed by atoms with Crippen molar-refractivity contribution in [2.45, 2.75) is 84.7 Å². The summed E-state index contributed by atoms with van der Waals surface area (Å²) in [4.78, 5) is 54.7. The standard InChI is InChI=1S/C27H39N3O7/c1-26(2,3)21(28-24(33)37-27(4,5)6)22(31)30-16-19(14-20(30)23(32)35-7)36-25(34)29-13-12-17-10-8-9-11-18(17)15-29/h8-11,19-21H,12-16H2,1-7H3,(H,28,33)/t19-,20+,21-/m1/s1. The lowest BCUT2D eigenvalue weighted by Gasteiger charge is -2.35. The molecule has 0 aromatic heterocycles. The fourth-order valence-electron chi connectivity index (χ4n) is 4.59. The van der Waals surface area contributed by atoms with E-state index in [0.29, 0.717) is 13.1 Å². The van der Waals surface area contributed by atoms with Crippen LogP contribution >= 0.6 is 0 Å². The number of carbonyl (C=O) groups is 4. The van der Waals surface area contributed by atoms with E-state index in [2.05, 4.69) is 11.4 Å². The average molecular weight is 518 g/mol. The predicted octanol–water partition coefficient (Wildman–Crippen LogP) is 3.26. The molecule has 1 aromatic rings. The van der Waals surface area contributed by atoms with Crippen LogP contribution in [-0.4, -0.2) is 77.9 Å². The molecule has 2 heterocycles. The molecule has 3 rings (SSSR count). The van der Waals surface area contributed by atoms with Gasteiger partial charge < -0.3 is 29.3 Å². The van der Waals surface area contributed by atoms with Crippen molar-refractivity contribution in [3.8, 4) is 0 Å². The van der Waals surface area contributed by atoms with Crippen molar-refractivity contribution in [2.75, 3.05) is 20.2 Å². The van der Waals surface area contributed by atoms with Crippen molar-refractivity contribution in [3.05, 3.63) is 35.4 Å². The van der Waals surface area contributed by atoms with E-state index in [9.17, 15) is 19.2 Å². The fraction of sp³-hybridized carbons (Fsp3) is 0.630. The van der Waals surface area contributed by atoms with E-state index >= 15 is 0 Å². The lowest BCUT2D eigenvalue weighted by atomic mass is 9.85. The van der Waals surface area contributed by atoms with E-state index in [1.165, 1.54) is 17.6 Å². The van der Waals surface area contributed by atoms with Gasteiger partial charge in [-0.25, -0.2) is 14.4 Å². The van der Waals surface area contributed by atoms with Crippen LogP contribution in [0.5, 0.6) is 0 Å². The van der Waals surface area contributed by atoms with E-state index in [-0.39, 0.29) is 13.0 Å². The number of fused-ring (bicyclic) bond motifs is 1. The number of amides is 3. The van der Waals surface area contributed by atoms with Gasteiger partial charge in [0.2, 0.25) is 5.91 Å². The van der Waals surface area contributed by atoms with Gasteiger partial charge in [0, 0.05) is 19.5 Å². The summed E-state index contributed by atoms with van der Waals surface area (Å²) in [6.07, 6.45) is -1.08. The van der Waals surface area contributed by atoms with Gasteiger partial charge in [-0.2, -0.15) is 0 Å². The van der Waals surface area contributed by atoms with Crippen molar-refractivity contribution in [2.24, 2.45) is 5.41 Å². The van der Waals surface area contributed by atoms with E-state index in [0.717, 1.165) is 12.0 Å². The molecule has 1 fully saturated rings. The molecule has 0 radical (unpaired) electrons. The van der Waals surface area contributed by atoms with Crippen LogP contribution in [0, 0.1) is 5.41 Å². The summed E-state index contributed by atoms with van der Waals surface area (Å²) in [5, 5.41) is 2.66. The minimum Gasteiger partial charge on any atom is -0.467 e. The summed E-state index contributed by atoms with van der Waals surface area (Å²) in [5.74, 6) is -1.08. The number of ether oxygens (including phenoxy) is 3. The fourth-order valence-corrected chi connectivity index (χ4v) is 4.59. The molecule has 1 aromatic carbocycles. The lowest BCUT2D eigenvalue weighted by molar-refractivity contribution is -0.152. The molecule has 0 spiro atoms. The Hall–Kier alpha value is -3.30. The van der Waals surface area contributed by atoms with Crippen molar-refractivity contribution in [3.63, 3.8) is 0 Å². The molecule has 204 valence electrons. The number of alkyl carbamates (subject to hydrolysis) is 1. The number of carbonyl (C=O) groups excluding carboxylic acids is 4. The first-order valence-electron chi connectivity index (χ1n) is 12.6. The second-order valence-electron chi connectivity index (χ2n) is 11.7. The van der Waals surface area contributed by atoms with Gasteiger partial charge in [0.15, 0.2) is 0 Å². The maximum Gasteiger partial charge on any atom is 0.410 e. The van der Waals surface area contributed by atoms with E-state index in [1.54, 1.807) is 25.7 Å². The van der Waals surface area contributed by atoms with Crippen molar-refractivity contribution in [1.29, 1.82) is 0 Å². The van der Waals surface area contributed by atoms with E-state index < -0.39 is 53.3 Å². The van der Waals surface area contributed by atoms with E-state index in [4.69, 9.17) is 14.2 Å². The minimum atomic E-state index is -0.984. The molecule has 10 nitrogen and oxygen atoms in total. The van der Waals surface area contributed by atoms with Crippen LogP contribution in [0.1, 0.15) is 59.1 Å². The van der Waals surface area contributed by atoms with Crippen LogP contribution in [0.25, 0.3) is 0 Å². The van der Waals surface area contributed by atoms with Crippen molar-refractivity contribution >= 4 is 24.1 Å². The molecule has 1 N–H and O–H groups in total. The molecular formula is C27H39N3O7. The number of esters is 1. The third-order valence-corrected chi connectivity index (χ3v) is 6.45. The molecule has 10 heteroatoms. The van der Waals surface area contributed by atoms with Crippen molar-refractivity contribution < 1.29 is 33.4 Å². The highest BCUT2D eigenvalue weighted by Gasteiger charge is 2.47. The van der Waals surface area contributed by atoms with E-state index in [1.807, 2.05) is 39.0 Å². The first-order chi connectivity index (χ1) is 17.2. The van der Waals surface area contributed by atoms with Gasteiger partial charge in [0.05, 0.1) is 13.7 Å². The zero-order valence-electron chi connectivity index (χ0n) is 22.8. The molecule has 0 unspecified atom stereocenters. The summed E-state index contributed by atoms with van der Waals surface area (Å²) in [6, 6.07) is 6.03. The van der Waals surface area contributed by atoms with Gasteiger partial charge in [-0.3, -0.25) is 4.79 Å². The van der Waals surface area contributed by atoms with Crippen LogP contribution < -0.4 is 5.32 Å². The molecule has 3 atom stereocenters. The zero-order valence-corrected chi connectivity index (χ0v) is 22.8. The first-order valence-corrected chi connectivity index (χ1v) is 12.6. The number of hydrogen-bond donors (Lipinski definition) is 1. The quantitative estimate of drug-likeness (QED) is 0.482. The number of nitrogens with one attached hydrogen (secondary N) is 1. The maximum atomic E-state index is 13.7. The SMILES string of the molecule is COC(=O)[C@@H]1C[C@@H](OC(=O)N2CCc3ccccc3C2)CN1C(=O)[C@@H](NC(=O)OC(C)(C)C)C(C)(C)C. The summed E-state index contributed by atoms with van der Waals surface area (Å²) < 4.78 is 16.0. The Bertz CT molecular complexity index is 1030. The molecule has 0 saturated carbocycles.